The first kappa shape index (κ1) is 22.9. The summed E-state index contributed by atoms with van der Waals surface area (Å²) < 4.78 is 5.77. The monoisotopic (exact) mass is 440 g/mol. The molecule has 0 unspecified atom stereocenters. The second kappa shape index (κ2) is 11.6. The molecule has 0 amide bonds. The number of nitro benzene ring substituents is 1. The van der Waals surface area contributed by atoms with Crippen molar-refractivity contribution in [1.82, 2.24) is 0 Å². The number of hydrogen-bond donors (Lipinski definition) is 0. The molecule has 0 N–H and O–H groups in total. The molecule has 164 valence electrons. The summed E-state index contributed by atoms with van der Waals surface area (Å²) >= 11 is 0. The molecule has 9 heteroatoms. The highest BCUT2D eigenvalue weighted by Crippen LogP contribution is 2.27. The van der Waals surface area contributed by atoms with Crippen LogP contribution in [-0.2, 0) is 0 Å². The first-order valence-corrected chi connectivity index (χ1v) is 10.1. The summed E-state index contributed by atoms with van der Waals surface area (Å²) in [5, 5.41) is 37.3. The van der Waals surface area contributed by atoms with Crippen LogP contribution in [0.2, 0.25) is 0 Å². The second-order valence-corrected chi connectivity index (χ2v) is 6.84. The van der Waals surface area contributed by atoms with Crippen LogP contribution in [0, 0.1) is 32.8 Å². The molecule has 33 heavy (non-hydrogen) atoms. The average Bonchev–Trinajstić information content (AvgIpc) is 2.85. The van der Waals surface area contributed by atoms with Crippen LogP contribution in [0.4, 0.5) is 22.7 Å². The topological polar surface area (TPSA) is 128 Å². The lowest BCUT2D eigenvalue weighted by atomic mass is 10.2. The molecule has 3 rings (SSSR count). The van der Waals surface area contributed by atoms with E-state index >= 15 is 0 Å². The third-order valence-electron chi connectivity index (χ3n) is 4.67. The summed E-state index contributed by atoms with van der Waals surface area (Å²) in [4.78, 5) is 12.3. The first-order valence-electron chi connectivity index (χ1n) is 10.1. The van der Waals surface area contributed by atoms with E-state index in [2.05, 4.69) is 21.2 Å². The van der Waals surface area contributed by atoms with Crippen LogP contribution >= 0.6 is 0 Å². The van der Waals surface area contributed by atoms with Crippen LogP contribution in [0.5, 0.6) is 5.75 Å². The highest BCUT2D eigenvalue weighted by molar-refractivity contribution is 5.58. The average molecular weight is 440 g/mol. The maximum Gasteiger partial charge on any atom is 0.270 e. The highest BCUT2D eigenvalue weighted by atomic mass is 16.6. The van der Waals surface area contributed by atoms with E-state index in [1.54, 1.807) is 12.1 Å². The molecule has 0 heterocycles. The van der Waals surface area contributed by atoms with E-state index in [1.165, 1.54) is 18.2 Å². The summed E-state index contributed by atoms with van der Waals surface area (Å²) in [6.07, 6.45) is 0.379. The zero-order valence-electron chi connectivity index (χ0n) is 17.7. The van der Waals surface area contributed by atoms with Gasteiger partial charge in [0, 0.05) is 24.4 Å². The van der Waals surface area contributed by atoms with Gasteiger partial charge in [-0.3, -0.25) is 10.1 Å². The number of hydrogen-bond acceptors (Lipinski definition) is 8. The van der Waals surface area contributed by atoms with Gasteiger partial charge in [-0.1, -0.05) is 18.2 Å². The number of nitrogens with zero attached hydrogens (tertiary/aromatic N) is 6. The standard InChI is InChI=1S/C24H20N6O3/c25-13-4-14-29(15-16-33-23-5-2-1-3-6-23)21-9-7-20(8-10-21)27-28-24-12-11-22(30(31)32)17-19(24)18-26/h1-3,5-12,17H,4,14-16H2. The molecule has 0 aliphatic heterocycles. The fourth-order valence-corrected chi connectivity index (χ4v) is 3.00. The predicted molar refractivity (Wildman–Crippen MR) is 123 cm³/mol. The van der Waals surface area contributed by atoms with Crippen molar-refractivity contribution in [2.24, 2.45) is 10.2 Å². The Bertz CT molecular complexity index is 1200. The van der Waals surface area contributed by atoms with E-state index in [9.17, 15) is 15.4 Å². The van der Waals surface area contributed by atoms with Crippen molar-refractivity contribution in [2.45, 2.75) is 6.42 Å². The van der Waals surface area contributed by atoms with Crippen molar-refractivity contribution < 1.29 is 9.66 Å². The van der Waals surface area contributed by atoms with Gasteiger partial charge in [-0.15, -0.1) is 5.11 Å². The van der Waals surface area contributed by atoms with E-state index in [0.717, 1.165) is 11.4 Å². The quantitative estimate of drug-likeness (QED) is 0.227. The summed E-state index contributed by atoms with van der Waals surface area (Å²) in [7, 11) is 0. The highest BCUT2D eigenvalue weighted by Gasteiger charge is 2.11. The largest absolute Gasteiger partial charge is 0.492 e. The maximum absolute atomic E-state index is 10.9. The summed E-state index contributed by atoms with van der Waals surface area (Å²) in [6, 6.07) is 24.7. The third kappa shape index (κ3) is 6.61. The lowest BCUT2D eigenvalue weighted by Crippen LogP contribution is -2.29. The van der Waals surface area contributed by atoms with Gasteiger partial charge in [0.15, 0.2) is 0 Å². The van der Waals surface area contributed by atoms with Crippen LogP contribution in [0.25, 0.3) is 0 Å². The SMILES string of the molecule is N#CCCN(CCOc1ccccc1)c1ccc(N=Nc2ccc([N+](=O)[O-])cc2C#N)cc1. The van der Waals surface area contributed by atoms with Crippen LogP contribution < -0.4 is 9.64 Å². The van der Waals surface area contributed by atoms with Gasteiger partial charge in [-0.05, 0) is 42.5 Å². The molecule has 0 bridgehead atoms. The van der Waals surface area contributed by atoms with Crippen LogP contribution in [0.3, 0.4) is 0 Å². The van der Waals surface area contributed by atoms with E-state index in [4.69, 9.17) is 10.00 Å². The number of nitriles is 2. The Balaban J connectivity index is 1.68. The van der Waals surface area contributed by atoms with E-state index in [0.29, 0.717) is 31.8 Å². The Labute approximate surface area is 190 Å². The molecular formula is C24H20N6O3. The van der Waals surface area contributed by atoms with Gasteiger partial charge in [-0.25, -0.2) is 0 Å². The fourth-order valence-electron chi connectivity index (χ4n) is 3.00. The van der Waals surface area contributed by atoms with Crippen LogP contribution in [0.1, 0.15) is 12.0 Å². The number of nitro groups is 1. The maximum atomic E-state index is 10.9. The van der Waals surface area contributed by atoms with Gasteiger partial charge in [0.05, 0.1) is 35.2 Å². The molecule has 0 aliphatic rings. The zero-order valence-corrected chi connectivity index (χ0v) is 17.7. The Kier molecular flexibility index (Phi) is 8.04. The van der Waals surface area contributed by atoms with Crippen molar-refractivity contribution in [2.75, 3.05) is 24.6 Å². The fraction of sp³-hybridized carbons (Fsp3) is 0.167. The van der Waals surface area contributed by atoms with E-state index in [-0.39, 0.29) is 16.9 Å². The van der Waals surface area contributed by atoms with Crippen molar-refractivity contribution in [1.29, 1.82) is 10.5 Å². The smallest absolute Gasteiger partial charge is 0.270 e. The molecular weight excluding hydrogens is 420 g/mol. The molecule has 0 atom stereocenters. The Hall–Kier alpha value is -4.76. The van der Waals surface area contributed by atoms with Crippen molar-refractivity contribution in [3.8, 4) is 17.9 Å². The Morgan fingerprint density at radius 1 is 0.970 bits per heavy atom. The number of azo groups is 1. The number of anilines is 1. The van der Waals surface area contributed by atoms with Crippen LogP contribution in [-0.4, -0.2) is 24.6 Å². The first-order chi connectivity index (χ1) is 16.1. The Morgan fingerprint density at radius 2 is 1.73 bits per heavy atom. The minimum Gasteiger partial charge on any atom is -0.492 e. The molecule has 3 aromatic carbocycles. The minimum atomic E-state index is -0.566. The second-order valence-electron chi connectivity index (χ2n) is 6.84. The third-order valence-corrected chi connectivity index (χ3v) is 4.67. The molecule has 0 aromatic heterocycles. The van der Waals surface area contributed by atoms with Gasteiger partial charge in [-0.2, -0.15) is 15.6 Å². The minimum absolute atomic E-state index is 0.0747. The van der Waals surface area contributed by atoms with Gasteiger partial charge < -0.3 is 9.64 Å². The molecule has 0 saturated carbocycles. The molecule has 0 saturated heterocycles. The molecule has 0 spiro atoms. The predicted octanol–water partition coefficient (Wildman–Crippen LogP) is 5.68. The normalized spacial score (nSPS) is 10.4. The van der Waals surface area contributed by atoms with Crippen LogP contribution in [0.15, 0.2) is 83.0 Å². The molecule has 9 nitrogen and oxygen atoms in total. The zero-order chi connectivity index (χ0) is 23.5. The van der Waals surface area contributed by atoms with Crippen molar-refractivity contribution >= 4 is 22.7 Å². The number of non-ortho nitro benzene ring substituents is 1. The number of para-hydroxylation sites is 1. The number of rotatable bonds is 10. The lowest BCUT2D eigenvalue weighted by molar-refractivity contribution is -0.384. The summed E-state index contributed by atoms with van der Waals surface area (Å²) in [5.74, 6) is 0.788. The van der Waals surface area contributed by atoms with Crippen molar-refractivity contribution in [3.05, 3.63) is 88.5 Å². The van der Waals surface area contributed by atoms with Gasteiger partial charge in [0.1, 0.15) is 24.1 Å². The summed E-state index contributed by atoms with van der Waals surface area (Å²) in [6.45, 7) is 1.63. The molecule has 0 radical (unpaired) electrons. The van der Waals surface area contributed by atoms with Crippen molar-refractivity contribution in [3.63, 3.8) is 0 Å². The molecule has 3 aromatic rings. The van der Waals surface area contributed by atoms with Gasteiger partial charge >= 0.3 is 0 Å². The van der Waals surface area contributed by atoms with Gasteiger partial charge in [0.25, 0.3) is 5.69 Å². The molecule has 0 fully saturated rings. The lowest BCUT2D eigenvalue weighted by Gasteiger charge is -2.24. The molecule has 0 aliphatic carbocycles. The van der Waals surface area contributed by atoms with E-state index < -0.39 is 4.92 Å². The number of benzene rings is 3. The number of ether oxygens (including phenoxy) is 1. The van der Waals surface area contributed by atoms with Gasteiger partial charge in [0.2, 0.25) is 0 Å². The summed E-state index contributed by atoms with van der Waals surface area (Å²) in [5.41, 5.74) is 1.62. The Morgan fingerprint density at radius 3 is 2.39 bits per heavy atom. The van der Waals surface area contributed by atoms with E-state index in [1.807, 2.05) is 48.5 Å².